The lowest BCUT2D eigenvalue weighted by Gasteiger charge is -2.39. The molecule has 0 saturated heterocycles. The Morgan fingerprint density at radius 1 is 0.647 bits per heavy atom. The molecule has 0 fully saturated rings. The lowest BCUT2D eigenvalue weighted by molar-refractivity contribution is 0.0399. The van der Waals surface area contributed by atoms with Crippen LogP contribution in [-0.2, 0) is 0 Å². The Balaban J connectivity index is 2.57. The van der Waals surface area contributed by atoms with E-state index >= 15 is 0 Å². The number of benzene rings is 2. The molecule has 0 saturated carbocycles. The van der Waals surface area contributed by atoms with Gasteiger partial charge in [0, 0.05) is 22.2 Å². The molecule has 0 unspecified atom stereocenters. The minimum absolute atomic E-state index is 0.455. The van der Waals surface area contributed by atoms with E-state index in [1.807, 2.05) is 55.4 Å². The smallest absolute Gasteiger partial charge is 0.150 e. The molecule has 6 nitrogen and oxygen atoms in total. The highest BCUT2D eigenvalue weighted by Gasteiger charge is 2.37. The minimum Gasteiger partial charge on any atom is -0.485 e. The molecular weight excluding hydrogens is 428 g/mol. The molecular formula is C28H36N2O4. The number of hydrogen-bond donors (Lipinski definition) is 2. The van der Waals surface area contributed by atoms with Crippen molar-refractivity contribution in [2.75, 3.05) is 0 Å². The summed E-state index contributed by atoms with van der Waals surface area (Å²) in [5, 5.41) is 0. The Hall–Kier alpha value is -3.14. The third-order valence-electron chi connectivity index (χ3n) is 6.45. The van der Waals surface area contributed by atoms with Crippen molar-refractivity contribution in [3.05, 3.63) is 58.7 Å². The van der Waals surface area contributed by atoms with E-state index in [1.165, 1.54) is 0 Å². The number of hydrogen-bond acceptors (Lipinski definition) is 6. The van der Waals surface area contributed by atoms with Gasteiger partial charge in [-0.15, -0.1) is 0 Å². The van der Waals surface area contributed by atoms with Gasteiger partial charge < -0.3 is 20.9 Å². The van der Waals surface area contributed by atoms with Crippen LogP contribution in [0.15, 0.2) is 36.4 Å². The first-order chi connectivity index (χ1) is 15.5. The van der Waals surface area contributed by atoms with E-state index in [1.54, 1.807) is 36.4 Å². The maximum absolute atomic E-state index is 11.4. The lowest BCUT2D eigenvalue weighted by Crippen LogP contribution is -2.56. The summed E-state index contributed by atoms with van der Waals surface area (Å²) in [7, 11) is 0. The monoisotopic (exact) mass is 464 g/mol. The van der Waals surface area contributed by atoms with Crippen molar-refractivity contribution in [1.29, 1.82) is 0 Å². The van der Waals surface area contributed by atoms with Crippen LogP contribution in [0.25, 0.3) is 0 Å². The van der Waals surface area contributed by atoms with Crippen LogP contribution in [0.3, 0.4) is 0 Å². The summed E-state index contributed by atoms with van der Waals surface area (Å²) in [6.45, 7) is 15.1. The zero-order valence-electron chi connectivity index (χ0n) is 21.4. The molecule has 0 spiro atoms. The van der Waals surface area contributed by atoms with E-state index in [0.717, 1.165) is 12.6 Å². The van der Waals surface area contributed by atoms with Crippen molar-refractivity contribution in [3.8, 4) is 23.3 Å². The molecule has 182 valence electrons. The number of aldehydes is 2. The third kappa shape index (κ3) is 6.25. The highest BCUT2D eigenvalue weighted by Crippen LogP contribution is 2.31. The molecule has 4 N–H and O–H groups in total. The van der Waals surface area contributed by atoms with Gasteiger partial charge in [0.2, 0.25) is 0 Å². The summed E-state index contributed by atoms with van der Waals surface area (Å²) in [4.78, 5) is 22.7. The second-order valence-electron chi connectivity index (χ2n) is 10.7. The number of carbonyl (C=O) groups excluding carboxylic acids is 2. The number of rotatable bonds is 8. The average molecular weight is 465 g/mol. The normalized spacial score (nSPS) is 12.4. The summed E-state index contributed by atoms with van der Waals surface area (Å²) in [5.41, 5.74) is 12.0. The fourth-order valence-electron chi connectivity index (χ4n) is 2.55. The van der Waals surface area contributed by atoms with Crippen molar-refractivity contribution in [2.24, 2.45) is 11.5 Å². The van der Waals surface area contributed by atoms with Gasteiger partial charge in [-0.1, -0.05) is 24.0 Å². The van der Waals surface area contributed by atoms with Gasteiger partial charge in [-0.05, 0) is 79.7 Å². The number of ether oxygens (including phenoxy) is 2. The fraction of sp³-hybridized carbons (Fsp3) is 0.429. The van der Waals surface area contributed by atoms with Crippen LogP contribution in [0.2, 0.25) is 0 Å². The topological polar surface area (TPSA) is 105 Å². The van der Waals surface area contributed by atoms with E-state index in [-0.39, 0.29) is 0 Å². The van der Waals surface area contributed by atoms with Crippen molar-refractivity contribution in [2.45, 2.75) is 77.7 Å². The van der Waals surface area contributed by atoms with Gasteiger partial charge in [-0.3, -0.25) is 9.59 Å². The van der Waals surface area contributed by atoms with Crippen LogP contribution in [0.1, 0.15) is 87.2 Å². The molecule has 0 atom stereocenters. The molecule has 0 amide bonds. The predicted octanol–water partition coefficient (Wildman–Crippen LogP) is 4.50. The first-order valence-electron chi connectivity index (χ1n) is 11.2. The van der Waals surface area contributed by atoms with Crippen LogP contribution in [0.4, 0.5) is 0 Å². The van der Waals surface area contributed by atoms with Crippen LogP contribution in [0, 0.1) is 11.8 Å². The fourth-order valence-corrected chi connectivity index (χ4v) is 2.55. The maximum Gasteiger partial charge on any atom is 0.150 e. The van der Waals surface area contributed by atoms with Crippen LogP contribution in [0.5, 0.6) is 11.5 Å². The maximum atomic E-state index is 11.4. The van der Waals surface area contributed by atoms with E-state index in [9.17, 15) is 9.59 Å². The minimum atomic E-state index is -0.735. The largest absolute Gasteiger partial charge is 0.485 e. The molecule has 0 aliphatic carbocycles. The van der Waals surface area contributed by atoms with Gasteiger partial charge in [0.05, 0.1) is 11.1 Å². The van der Waals surface area contributed by atoms with E-state index in [2.05, 4.69) is 11.8 Å². The quantitative estimate of drug-likeness (QED) is 0.440. The Morgan fingerprint density at radius 2 is 0.971 bits per heavy atom. The molecule has 6 heteroatoms. The van der Waals surface area contributed by atoms with E-state index < -0.39 is 22.3 Å². The molecule has 0 aliphatic rings. The molecule has 2 rings (SSSR count). The Labute approximate surface area is 203 Å². The Bertz CT molecular complexity index is 1040. The van der Waals surface area contributed by atoms with Crippen molar-refractivity contribution in [1.82, 2.24) is 0 Å². The average Bonchev–Trinajstić information content (AvgIpc) is 2.71. The zero-order chi connectivity index (χ0) is 25.9. The van der Waals surface area contributed by atoms with E-state index in [0.29, 0.717) is 33.8 Å². The van der Waals surface area contributed by atoms with Crippen LogP contribution >= 0.6 is 0 Å². The molecule has 0 heterocycles. The molecule has 34 heavy (non-hydrogen) atoms. The van der Waals surface area contributed by atoms with Gasteiger partial charge >= 0.3 is 0 Å². The second kappa shape index (κ2) is 9.61. The second-order valence-corrected chi connectivity index (χ2v) is 10.7. The third-order valence-corrected chi connectivity index (χ3v) is 6.45. The van der Waals surface area contributed by atoms with Crippen LogP contribution in [-0.4, -0.2) is 34.9 Å². The molecule has 2 aromatic carbocycles. The van der Waals surface area contributed by atoms with Gasteiger partial charge in [-0.25, -0.2) is 0 Å². The molecule has 0 radical (unpaired) electrons. The SMILES string of the molecule is CC(C)(N)C(C)(C)Oc1cc(C=O)ccc1C#Cc1ccc(C=O)cc1OC(C)(C)C(C)(C)N. The lowest BCUT2D eigenvalue weighted by atomic mass is 9.86. The molecule has 0 aromatic heterocycles. The number of carbonyl (C=O) groups is 2. The van der Waals surface area contributed by atoms with Crippen LogP contribution < -0.4 is 20.9 Å². The highest BCUT2D eigenvalue weighted by molar-refractivity contribution is 5.77. The summed E-state index contributed by atoms with van der Waals surface area (Å²) >= 11 is 0. The van der Waals surface area contributed by atoms with Gasteiger partial charge in [-0.2, -0.15) is 0 Å². The van der Waals surface area contributed by atoms with Crippen molar-refractivity contribution >= 4 is 12.6 Å². The number of nitrogens with two attached hydrogens (primary N) is 2. The Kier molecular flexibility index (Phi) is 7.67. The Morgan fingerprint density at radius 3 is 1.24 bits per heavy atom. The van der Waals surface area contributed by atoms with Gasteiger partial charge in [0.1, 0.15) is 35.3 Å². The van der Waals surface area contributed by atoms with Crippen molar-refractivity contribution in [3.63, 3.8) is 0 Å². The van der Waals surface area contributed by atoms with Gasteiger partial charge in [0.25, 0.3) is 0 Å². The zero-order valence-corrected chi connectivity index (χ0v) is 21.4. The molecule has 0 bridgehead atoms. The summed E-state index contributed by atoms with van der Waals surface area (Å²) in [6, 6.07) is 10.1. The molecule has 2 aromatic rings. The molecule has 0 aliphatic heterocycles. The first kappa shape index (κ1) is 27.1. The first-order valence-corrected chi connectivity index (χ1v) is 11.2. The predicted molar refractivity (Wildman–Crippen MR) is 136 cm³/mol. The van der Waals surface area contributed by atoms with Gasteiger partial charge in [0.15, 0.2) is 0 Å². The van der Waals surface area contributed by atoms with E-state index in [4.69, 9.17) is 20.9 Å². The summed E-state index contributed by atoms with van der Waals surface area (Å²) < 4.78 is 12.5. The summed E-state index contributed by atoms with van der Waals surface area (Å²) in [6.07, 6.45) is 1.51. The summed E-state index contributed by atoms with van der Waals surface area (Å²) in [5.74, 6) is 7.16. The highest BCUT2D eigenvalue weighted by atomic mass is 16.5. The van der Waals surface area contributed by atoms with Crippen molar-refractivity contribution < 1.29 is 19.1 Å². The standard InChI is InChI=1S/C28H36N2O4/c1-25(2,29)27(5,6)33-23-15-19(17-31)9-11-21(23)13-14-22-12-10-20(18-32)16-24(22)34-28(7,8)26(3,4)30/h9-12,15-18H,29-30H2,1-8H3.